The molecular weight excluding hydrogens is 300 g/mol. The Morgan fingerprint density at radius 2 is 2.00 bits per heavy atom. The topological polar surface area (TPSA) is 58.2 Å². The third-order valence-electron chi connectivity index (χ3n) is 5.89. The molecule has 0 bridgehead atoms. The van der Waals surface area contributed by atoms with Gasteiger partial charge in [-0.25, -0.2) is 0 Å². The summed E-state index contributed by atoms with van der Waals surface area (Å²) in [4.78, 5) is 24.5. The van der Waals surface area contributed by atoms with Crippen molar-refractivity contribution in [2.75, 3.05) is 0 Å². The maximum Gasteiger partial charge on any atom is 0.224 e. The van der Waals surface area contributed by atoms with Crippen molar-refractivity contribution < 1.29 is 9.59 Å². The van der Waals surface area contributed by atoms with Crippen LogP contribution in [0.3, 0.4) is 0 Å². The largest absolute Gasteiger partial charge is 0.353 e. The second-order valence-electron chi connectivity index (χ2n) is 7.39. The molecule has 1 saturated heterocycles. The quantitative estimate of drug-likeness (QED) is 0.893. The molecule has 1 aromatic rings. The molecule has 24 heavy (non-hydrogen) atoms. The summed E-state index contributed by atoms with van der Waals surface area (Å²) < 4.78 is 0. The van der Waals surface area contributed by atoms with Gasteiger partial charge in [-0.15, -0.1) is 0 Å². The van der Waals surface area contributed by atoms with E-state index >= 15 is 0 Å². The number of fused-ring (bicyclic) bond motifs is 1. The zero-order chi connectivity index (χ0) is 17.1. The Morgan fingerprint density at radius 1 is 1.25 bits per heavy atom. The van der Waals surface area contributed by atoms with E-state index in [1.807, 2.05) is 30.3 Å². The highest BCUT2D eigenvalue weighted by Gasteiger charge is 2.43. The Morgan fingerprint density at radius 3 is 2.71 bits per heavy atom. The van der Waals surface area contributed by atoms with Crippen molar-refractivity contribution in [3.8, 4) is 0 Å². The summed E-state index contributed by atoms with van der Waals surface area (Å²) in [5, 5.41) is 6.38. The van der Waals surface area contributed by atoms with Gasteiger partial charge >= 0.3 is 0 Å². The number of benzene rings is 1. The van der Waals surface area contributed by atoms with E-state index in [2.05, 4.69) is 24.5 Å². The van der Waals surface area contributed by atoms with Gasteiger partial charge in [-0.2, -0.15) is 0 Å². The smallest absolute Gasteiger partial charge is 0.224 e. The number of piperidine rings is 1. The van der Waals surface area contributed by atoms with Crippen LogP contribution in [0.4, 0.5) is 0 Å². The molecule has 4 heteroatoms. The van der Waals surface area contributed by atoms with Crippen molar-refractivity contribution >= 4 is 11.8 Å². The van der Waals surface area contributed by atoms with Crippen LogP contribution in [0.15, 0.2) is 30.3 Å². The van der Waals surface area contributed by atoms with Gasteiger partial charge in [0.05, 0.1) is 6.42 Å². The van der Waals surface area contributed by atoms with Crippen LogP contribution in [0.5, 0.6) is 0 Å². The number of hydrogen-bond acceptors (Lipinski definition) is 2. The minimum atomic E-state index is 0.0752. The van der Waals surface area contributed by atoms with Crippen molar-refractivity contribution in [3.05, 3.63) is 35.9 Å². The number of carbonyl (C=O) groups excluding carboxylic acids is 2. The van der Waals surface area contributed by atoms with Gasteiger partial charge in [0.2, 0.25) is 11.8 Å². The van der Waals surface area contributed by atoms with Crippen molar-refractivity contribution in [1.29, 1.82) is 0 Å². The van der Waals surface area contributed by atoms with Crippen LogP contribution in [0.2, 0.25) is 0 Å². The van der Waals surface area contributed by atoms with E-state index in [0.717, 1.165) is 31.2 Å². The minimum absolute atomic E-state index is 0.0752. The molecule has 1 aromatic carbocycles. The van der Waals surface area contributed by atoms with Crippen molar-refractivity contribution in [2.45, 2.75) is 58.0 Å². The van der Waals surface area contributed by atoms with Gasteiger partial charge in [0, 0.05) is 18.0 Å². The molecule has 4 nitrogen and oxygen atoms in total. The van der Waals surface area contributed by atoms with Gasteiger partial charge in [0.1, 0.15) is 0 Å². The average molecular weight is 328 g/mol. The molecule has 5 atom stereocenters. The summed E-state index contributed by atoms with van der Waals surface area (Å²) in [5.41, 5.74) is 1.04. The van der Waals surface area contributed by atoms with Crippen LogP contribution in [0, 0.1) is 17.8 Å². The summed E-state index contributed by atoms with van der Waals surface area (Å²) in [7, 11) is 0. The molecule has 130 valence electrons. The second-order valence-corrected chi connectivity index (χ2v) is 7.39. The fraction of sp³-hybridized carbons (Fsp3) is 0.600. The highest BCUT2D eigenvalue weighted by molar-refractivity contribution is 5.80. The Hall–Kier alpha value is -1.84. The minimum Gasteiger partial charge on any atom is -0.353 e. The van der Waals surface area contributed by atoms with E-state index in [4.69, 9.17) is 0 Å². The van der Waals surface area contributed by atoms with Crippen molar-refractivity contribution in [2.24, 2.45) is 17.8 Å². The van der Waals surface area contributed by atoms with Crippen molar-refractivity contribution in [3.63, 3.8) is 0 Å². The van der Waals surface area contributed by atoms with Crippen LogP contribution >= 0.6 is 0 Å². The Balaban J connectivity index is 1.55. The van der Waals surface area contributed by atoms with Crippen LogP contribution in [0.25, 0.3) is 0 Å². The number of amides is 2. The molecule has 5 unspecified atom stereocenters. The molecule has 3 rings (SSSR count). The van der Waals surface area contributed by atoms with Gasteiger partial charge < -0.3 is 10.6 Å². The third kappa shape index (κ3) is 3.63. The molecule has 0 aromatic heterocycles. The molecule has 0 radical (unpaired) electrons. The monoisotopic (exact) mass is 328 g/mol. The van der Waals surface area contributed by atoms with Gasteiger partial charge in [-0.1, -0.05) is 44.2 Å². The Kier molecular flexibility index (Phi) is 5.22. The molecule has 2 N–H and O–H groups in total. The number of nitrogens with one attached hydrogen (secondary N) is 2. The lowest BCUT2D eigenvalue weighted by Crippen LogP contribution is -2.58. The highest BCUT2D eigenvalue weighted by atomic mass is 16.2. The van der Waals surface area contributed by atoms with Crippen LogP contribution < -0.4 is 10.6 Å². The summed E-state index contributed by atoms with van der Waals surface area (Å²) >= 11 is 0. The zero-order valence-corrected chi connectivity index (χ0v) is 14.6. The molecule has 2 fully saturated rings. The molecular formula is C20H28N2O2. The average Bonchev–Trinajstić information content (AvgIpc) is 2.55. The lowest BCUT2D eigenvalue weighted by Gasteiger charge is -2.46. The molecule has 2 aliphatic rings. The summed E-state index contributed by atoms with van der Waals surface area (Å²) in [6, 6.07) is 10.2. The highest BCUT2D eigenvalue weighted by Crippen LogP contribution is 2.38. The zero-order valence-electron chi connectivity index (χ0n) is 14.6. The molecule has 0 spiro atoms. The Bertz CT molecular complexity index is 587. The Labute approximate surface area is 144 Å². The molecule has 1 saturated carbocycles. The third-order valence-corrected chi connectivity index (χ3v) is 5.89. The van der Waals surface area contributed by atoms with Gasteiger partial charge in [0.25, 0.3) is 0 Å². The maximum absolute atomic E-state index is 12.3. The normalized spacial score (nSPS) is 32.6. The van der Waals surface area contributed by atoms with Crippen LogP contribution in [-0.4, -0.2) is 23.9 Å². The number of carbonyl (C=O) groups is 2. The van der Waals surface area contributed by atoms with E-state index in [1.54, 1.807) is 0 Å². The predicted octanol–water partition coefficient (Wildman–Crippen LogP) is 2.67. The first-order valence-electron chi connectivity index (χ1n) is 9.22. The van der Waals surface area contributed by atoms with E-state index in [-0.39, 0.29) is 29.8 Å². The fourth-order valence-corrected chi connectivity index (χ4v) is 4.56. The van der Waals surface area contributed by atoms with E-state index in [0.29, 0.717) is 18.3 Å². The van der Waals surface area contributed by atoms with Crippen LogP contribution in [-0.2, 0) is 16.0 Å². The van der Waals surface area contributed by atoms with Gasteiger partial charge in [0.15, 0.2) is 0 Å². The first-order chi connectivity index (χ1) is 11.6. The van der Waals surface area contributed by atoms with Crippen molar-refractivity contribution in [1.82, 2.24) is 10.6 Å². The van der Waals surface area contributed by atoms with E-state index in [1.165, 1.54) is 0 Å². The fourth-order valence-electron chi connectivity index (χ4n) is 4.56. The lowest BCUT2D eigenvalue weighted by molar-refractivity contribution is -0.133. The summed E-state index contributed by atoms with van der Waals surface area (Å²) in [6.45, 7) is 4.31. The second kappa shape index (κ2) is 7.37. The molecule has 2 amide bonds. The lowest BCUT2D eigenvalue weighted by atomic mass is 9.67. The predicted molar refractivity (Wildman–Crippen MR) is 94.3 cm³/mol. The first-order valence-corrected chi connectivity index (χ1v) is 9.22. The van der Waals surface area contributed by atoms with E-state index < -0.39 is 0 Å². The SMILES string of the molecule is CCC1C(=O)NC2CC(NC(=O)Cc3ccccc3)CCC2C1C. The first kappa shape index (κ1) is 17.0. The number of rotatable bonds is 4. The standard InChI is InChI=1S/C20H28N2O2/c1-3-16-13(2)17-10-9-15(12-18(17)22-20(16)24)21-19(23)11-14-7-5-4-6-8-14/h4-8,13,15-18H,3,9-12H2,1-2H3,(H,21,23)(H,22,24). The number of hydrogen-bond donors (Lipinski definition) is 2. The van der Waals surface area contributed by atoms with Gasteiger partial charge in [-0.3, -0.25) is 9.59 Å². The summed E-state index contributed by atoms with van der Waals surface area (Å²) in [6.07, 6.45) is 4.29. The molecule has 1 aliphatic heterocycles. The molecule has 1 aliphatic carbocycles. The summed E-state index contributed by atoms with van der Waals surface area (Å²) in [5.74, 6) is 1.41. The van der Waals surface area contributed by atoms with E-state index in [9.17, 15) is 9.59 Å². The van der Waals surface area contributed by atoms with Gasteiger partial charge in [-0.05, 0) is 43.1 Å². The maximum atomic E-state index is 12.3. The van der Waals surface area contributed by atoms with Crippen LogP contribution in [0.1, 0.15) is 45.1 Å². The molecule has 1 heterocycles.